The van der Waals surface area contributed by atoms with Crippen molar-refractivity contribution in [3.05, 3.63) is 48.0 Å². The standard InChI is InChI=1S/C22H32NO6P/c1-15(2)28-30(24,29-16(3)4)22(23-17-8-10-18(25-5)11-9-17)20-13-12-19(26-6)14-21(20)27-7/h8-16,22-23H,1-7H3. The van der Waals surface area contributed by atoms with E-state index in [1.54, 1.807) is 39.5 Å². The van der Waals surface area contributed by atoms with Crippen molar-refractivity contribution in [3.63, 3.8) is 0 Å². The summed E-state index contributed by atoms with van der Waals surface area (Å²) in [7, 11) is 1.07. The van der Waals surface area contributed by atoms with Gasteiger partial charge < -0.3 is 28.6 Å². The van der Waals surface area contributed by atoms with Gasteiger partial charge in [0.25, 0.3) is 0 Å². The minimum absolute atomic E-state index is 0.306. The topological polar surface area (TPSA) is 75.2 Å². The van der Waals surface area contributed by atoms with Crippen LogP contribution >= 0.6 is 7.60 Å². The summed E-state index contributed by atoms with van der Waals surface area (Å²) >= 11 is 0. The summed E-state index contributed by atoms with van der Waals surface area (Å²) in [5, 5.41) is 3.32. The van der Waals surface area contributed by atoms with Crippen LogP contribution in [0, 0.1) is 0 Å². The second-order valence-corrected chi connectivity index (χ2v) is 9.25. The molecule has 0 fully saturated rings. The molecule has 0 aliphatic heterocycles. The average Bonchev–Trinajstić information content (AvgIpc) is 2.70. The summed E-state index contributed by atoms with van der Waals surface area (Å²) in [6.45, 7) is 7.30. The molecule has 1 atom stereocenters. The van der Waals surface area contributed by atoms with Crippen LogP contribution in [0.25, 0.3) is 0 Å². The van der Waals surface area contributed by atoms with Crippen LogP contribution in [0.3, 0.4) is 0 Å². The van der Waals surface area contributed by atoms with Crippen LogP contribution in [-0.2, 0) is 13.6 Å². The Morgan fingerprint density at radius 2 is 1.30 bits per heavy atom. The van der Waals surface area contributed by atoms with E-state index in [9.17, 15) is 4.57 Å². The first-order chi connectivity index (χ1) is 14.2. The predicted octanol–water partition coefficient (Wildman–Crippen LogP) is 5.87. The number of nitrogens with one attached hydrogen (secondary N) is 1. The van der Waals surface area contributed by atoms with Gasteiger partial charge >= 0.3 is 7.60 Å². The molecule has 2 rings (SSSR count). The molecule has 2 aromatic carbocycles. The van der Waals surface area contributed by atoms with Crippen LogP contribution in [0.1, 0.15) is 39.0 Å². The number of anilines is 1. The van der Waals surface area contributed by atoms with Crippen molar-refractivity contribution < 1.29 is 27.8 Å². The lowest BCUT2D eigenvalue weighted by Crippen LogP contribution is -2.20. The zero-order chi connectivity index (χ0) is 22.3. The molecule has 7 nitrogen and oxygen atoms in total. The van der Waals surface area contributed by atoms with Crippen LogP contribution in [0.2, 0.25) is 0 Å². The minimum atomic E-state index is -3.67. The molecule has 0 saturated carbocycles. The van der Waals surface area contributed by atoms with Gasteiger partial charge in [0.05, 0.1) is 33.5 Å². The van der Waals surface area contributed by atoms with Crippen LogP contribution < -0.4 is 19.5 Å². The molecule has 166 valence electrons. The van der Waals surface area contributed by atoms with Gasteiger partial charge in [-0.15, -0.1) is 0 Å². The Balaban J connectivity index is 2.59. The average molecular weight is 437 g/mol. The smallest absolute Gasteiger partial charge is 0.357 e. The third kappa shape index (κ3) is 6.14. The Labute approximate surface area is 179 Å². The first-order valence-electron chi connectivity index (χ1n) is 9.81. The molecule has 0 saturated heterocycles. The normalized spacial score (nSPS) is 12.7. The van der Waals surface area contributed by atoms with Gasteiger partial charge in [-0.25, -0.2) is 0 Å². The van der Waals surface area contributed by atoms with Crippen molar-refractivity contribution in [1.29, 1.82) is 0 Å². The van der Waals surface area contributed by atoms with Gasteiger partial charge in [-0.1, -0.05) is 0 Å². The second-order valence-electron chi connectivity index (χ2n) is 7.23. The zero-order valence-corrected chi connectivity index (χ0v) is 19.6. The van der Waals surface area contributed by atoms with E-state index in [-0.39, 0.29) is 12.2 Å². The van der Waals surface area contributed by atoms with Crippen molar-refractivity contribution in [3.8, 4) is 17.2 Å². The summed E-state index contributed by atoms with van der Waals surface area (Å²) in [5.41, 5.74) is 1.37. The number of ether oxygens (including phenoxy) is 3. The van der Waals surface area contributed by atoms with E-state index in [1.165, 1.54) is 0 Å². The predicted molar refractivity (Wildman–Crippen MR) is 119 cm³/mol. The summed E-state index contributed by atoms with van der Waals surface area (Å²) in [6, 6.07) is 12.7. The van der Waals surface area contributed by atoms with E-state index in [2.05, 4.69) is 5.32 Å². The summed E-state index contributed by atoms with van der Waals surface area (Å²) in [6.07, 6.45) is -0.613. The molecule has 0 amide bonds. The second kappa shape index (κ2) is 10.7. The third-order valence-corrected chi connectivity index (χ3v) is 6.63. The SMILES string of the molecule is COc1ccc(NC(c2ccc(OC)cc2OC)P(=O)(OC(C)C)OC(C)C)cc1. The van der Waals surface area contributed by atoms with Crippen molar-refractivity contribution >= 4 is 13.3 Å². The highest BCUT2D eigenvalue weighted by Crippen LogP contribution is 2.63. The van der Waals surface area contributed by atoms with Gasteiger partial charge in [0.2, 0.25) is 0 Å². The van der Waals surface area contributed by atoms with E-state index in [1.807, 2.05) is 52.0 Å². The van der Waals surface area contributed by atoms with E-state index < -0.39 is 13.4 Å². The summed E-state index contributed by atoms with van der Waals surface area (Å²) in [4.78, 5) is 0. The molecule has 1 N–H and O–H groups in total. The van der Waals surface area contributed by atoms with Crippen molar-refractivity contribution in [2.45, 2.75) is 45.7 Å². The number of hydrogen-bond acceptors (Lipinski definition) is 7. The highest BCUT2D eigenvalue weighted by atomic mass is 31.2. The lowest BCUT2D eigenvalue weighted by Gasteiger charge is -2.32. The summed E-state index contributed by atoms with van der Waals surface area (Å²) < 4.78 is 42.0. The van der Waals surface area contributed by atoms with Gasteiger partial charge in [-0.05, 0) is 64.1 Å². The lowest BCUT2D eigenvalue weighted by molar-refractivity contribution is 0.137. The molecule has 0 aliphatic rings. The first kappa shape index (κ1) is 24.1. The van der Waals surface area contributed by atoms with E-state index in [0.717, 1.165) is 11.4 Å². The summed E-state index contributed by atoms with van der Waals surface area (Å²) in [5.74, 6) is 1.05. The highest BCUT2D eigenvalue weighted by Gasteiger charge is 2.41. The van der Waals surface area contributed by atoms with Gasteiger partial charge in [0.15, 0.2) is 5.78 Å². The first-order valence-corrected chi connectivity index (χ1v) is 11.4. The Kier molecular flexibility index (Phi) is 8.59. The molecule has 0 aromatic heterocycles. The minimum Gasteiger partial charge on any atom is -0.497 e. The maximum atomic E-state index is 14.1. The third-order valence-electron chi connectivity index (χ3n) is 4.16. The molecule has 0 spiro atoms. The molecule has 0 bridgehead atoms. The fourth-order valence-electron chi connectivity index (χ4n) is 2.95. The van der Waals surface area contributed by atoms with E-state index in [4.69, 9.17) is 23.3 Å². The molecular formula is C22H32NO6P. The van der Waals surface area contributed by atoms with Gasteiger partial charge in [-0.2, -0.15) is 0 Å². The maximum absolute atomic E-state index is 14.1. The number of rotatable bonds is 11. The largest absolute Gasteiger partial charge is 0.497 e. The van der Waals surface area contributed by atoms with Crippen LogP contribution in [0.15, 0.2) is 42.5 Å². The lowest BCUT2D eigenvalue weighted by atomic mass is 10.1. The van der Waals surface area contributed by atoms with Gasteiger partial charge in [0.1, 0.15) is 17.2 Å². The molecule has 2 aromatic rings. The number of methoxy groups -OCH3 is 3. The van der Waals surface area contributed by atoms with Crippen LogP contribution in [0.4, 0.5) is 5.69 Å². The van der Waals surface area contributed by atoms with Crippen LogP contribution in [-0.4, -0.2) is 33.5 Å². The zero-order valence-electron chi connectivity index (χ0n) is 18.7. The maximum Gasteiger partial charge on any atom is 0.357 e. The molecule has 8 heteroatoms. The molecule has 30 heavy (non-hydrogen) atoms. The van der Waals surface area contributed by atoms with Crippen molar-refractivity contribution in [2.24, 2.45) is 0 Å². The highest BCUT2D eigenvalue weighted by molar-refractivity contribution is 7.54. The fraction of sp³-hybridized carbons (Fsp3) is 0.455. The van der Waals surface area contributed by atoms with Crippen molar-refractivity contribution in [1.82, 2.24) is 0 Å². The molecule has 0 heterocycles. The number of benzene rings is 2. The quantitative estimate of drug-likeness (QED) is 0.441. The van der Waals surface area contributed by atoms with E-state index >= 15 is 0 Å². The Hall–Kier alpha value is -2.21. The number of hydrogen-bond donors (Lipinski definition) is 1. The molecule has 0 radical (unpaired) electrons. The van der Waals surface area contributed by atoms with Crippen LogP contribution in [0.5, 0.6) is 17.2 Å². The van der Waals surface area contributed by atoms with Gasteiger partial charge in [-0.3, -0.25) is 4.57 Å². The van der Waals surface area contributed by atoms with E-state index in [0.29, 0.717) is 17.1 Å². The van der Waals surface area contributed by atoms with Gasteiger partial charge in [0, 0.05) is 17.3 Å². The molecular weight excluding hydrogens is 405 g/mol. The molecule has 1 unspecified atom stereocenters. The monoisotopic (exact) mass is 437 g/mol. The van der Waals surface area contributed by atoms with Crippen molar-refractivity contribution in [2.75, 3.05) is 26.6 Å². The Bertz CT molecular complexity index is 839. The molecule has 0 aliphatic carbocycles. The Morgan fingerprint density at radius 1 is 0.767 bits per heavy atom. The fourth-order valence-corrected chi connectivity index (χ4v) is 5.28. The Morgan fingerprint density at radius 3 is 1.77 bits per heavy atom.